The Bertz CT molecular complexity index is 834. The van der Waals surface area contributed by atoms with Crippen molar-refractivity contribution in [2.24, 2.45) is 4.99 Å². The Morgan fingerprint density at radius 1 is 1.04 bits per heavy atom. The lowest BCUT2D eigenvalue weighted by Gasteiger charge is -1.97. The highest BCUT2D eigenvalue weighted by atomic mass is 79.9. The average molecular weight is 383 g/mol. The normalized spacial score (nSPS) is 11.6. The highest BCUT2D eigenvalue weighted by Crippen LogP contribution is 2.36. The SMILES string of the molecule is Cc1ccc(-c2nc(/N=C/C=C/c3ccccc3)sc2Br)cc1. The molecule has 2 aromatic carbocycles. The lowest BCUT2D eigenvalue weighted by atomic mass is 10.1. The second-order valence-electron chi connectivity index (χ2n) is 5.03. The number of thiazole rings is 1. The van der Waals surface area contributed by atoms with E-state index in [0.29, 0.717) is 0 Å². The first-order chi connectivity index (χ1) is 11.2. The Morgan fingerprint density at radius 3 is 2.52 bits per heavy atom. The average Bonchev–Trinajstić information content (AvgIpc) is 2.94. The summed E-state index contributed by atoms with van der Waals surface area (Å²) in [5, 5.41) is 0.741. The van der Waals surface area contributed by atoms with Crippen molar-refractivity contribution in [1.82, 2.24) is 4.98 Å². The standard InChI is InChI=1S/C19H15BrN2S/c1-14-9-11-16(12-10-14)17-18(20)23-19(22-17)21-13-5-8-15-6-3-2-4-7-15/h2-13H,1H3/b8-5+,21-13+. The van der Waals surface area contributed by atoms with E-state index in [9.17, 15) is 0 Å². The summed E-state index contributed by atoms with van der Waals surface area (Å²) in [4.78, 5) is 9.01. The molecule has 23 heavy (non-hydrogen) atoms. The fraction of sp³-hybridized carbons (Fsp3) is 0.0526. The zero-order chi connectivity index (χ0) is 16.1. The molecule has 0 atom stereocenters. The van der Waals surface area contributed by atoms with Gasteiger partial charge in [-0.15, -0.1) is 0 Å². The molecule has 0 aliphatic heterocycles. The first kappa shape index (κ1) is 15.8. The number of halogens is 1. The van der Waals surface area contributed by atoms with Crippen LogP contribution in [0.1, 0.15) is 11.1 Å². The van der Waals surface area contributed by atoms with Crippen LogP contribution in [0.2, 0.25) is 0 Å². The number of aromatic nitrogens is 1. The van der Waals surface area contributed by atoms with Crippen molar-refractivity contribution in [2.75, 3.05) is 0 Å². The summed E-state index contributed by atoms with van der Waals surface area (Å²) >= 11 is 5.12. The van der Waals surface area contributed by atoms with Gasteiger partial charge in [0.1, 0.15) is 0 Å². The Balaban J connectivity index is 1.74. The van der Waals surface area contributed by atoms with Crippen molar-refractivity contribution in [3.05, 3.63) is 75.6 Å². The molecule has 0 N–H and O–H groups in total. The van der Waals surface area contributed by atoms with Crippen molar-refractivity contribution in [1.29, 1.82) is 0 Å². The van der Waals surface area contributed by atoms with Gasteiger partial charge in [0, 0.05) is 11.8 Å². The number of allylic oxidation sites excluding steroid dienone is 1. The molecule has 4 heteroatoms. The van der Waals surface area contributed by atoms with Gasteiger partial charge in [0.2, 0.25) is 5.13 Å². The molecule has 0 fully saturated rings. The summed E-state index contributed by atoms with van der Waals surface area (Å²) in [6.45, 7) is 2.08. The van der Waals surface area contributed by atoms with Crippen LogP contribution in [0.3, 0.4) is 0 Å². The third-order valence-electron chi connectivity index (χ3n) is 3.26. The third-order valence-corrected chi connectivity index (χ3v) is 4.87. The molecular weight excluding hydrogens is 368 g/mol. The molecule has 3 rings (SSSR count). The van der Waals surface area contributed by atoms with Gasteiger partial charge in [0.05, 0.1) is 9.48 Å². The van der Waals surface area contributed by atoms with Crippen LogP contribution in [0.5, 0.6) is 0 Å². The molecule has 0 aliphatic rings. The van der Waals surface area contributed by atoms with Gasteiger partial charge in [-0.3, -0.25) is 0 Å². The van der Waals surface area contributed by atoms with E-state index in [4.69, 9.17) is 0 Å². The van der Waals surface area contributed by atoms with Crippen LogP contribution in [0, 0.1) is 6.92 Å². The molecule has 0 radical (unpaired) electrons. The quantitative estimate of drug-likeness (QED) is 0.486. The van der Waals surface area contributed by atoms with Gasteiger partial charge in [-0.2, -0.15) is 0 Å². The summed E-state index contributed by atoms with van der Waals surface area (Å²) in [7, 11) is 0. The fourth-order valence-electron chi connectivity index (χ4n) is 2.06. The van der Waals surface area contributed by atoms with Crippen LogP contribution >= 0.6 is 27.3 Å². The molecule has 0 spiro atoms. The molecule has 2 nitrogen and oxygen atoms in total. The first-order valence-electron chi connectivity index (χ1n) is 7.21. The van der Waals surface area contributed by atoms with Gasteiger partial charge in [-0.1, -0.05) is 77.6 Å². The van der Waals surface area contributed by atoms with E-state index >= 15 is 0 Å². The van der Waals surface area contributed by atoms with Gasteiger partial charge in [0.25, 0.3) is 0 Å². The second-order valence-corrected chi connectivity index (χ2v) is 7.33. The summed E-state index contributed by atoms with van der Waals surface area (Å²) in [5.74, 6) is 0. The van der Waals surface area contributed by atoms with Crippen molar-refractivity contribution in [3.8, 4) is 11.3 Å². The smallest absolute Gasteiger partial charge is 0.210 e. The summed E-state index contributed by atoms with van der Waals surface area (Å²) in [6, 6.07) is 18.5. The van der Waals surface area contributed by atoms with E-state index in [-0.39, 0.29) is 0 Å². The molecule has 0 aliphatic carbocycles. The predicted octanol–water partition coefficient (Wildman–Crippen LogP) is 6.30. The van der Waals surface area contributed by atoms with Gasteiger partial charge in [-0.05, 0) is 34.5 Å². The molecule has 1 aromatic heterocycles. The van der Waals surface area contributed by atoms with Crippen LogP contribution in [-0.4, -0.2) is 11.2 Å². The number of hydrogen-bond donors (Lipinski definition) is 0. The van der Waals surface area contributed by atoms with Crippen molar-refractivity contribution >= 4 is 44.7 Å². The number of nitrogens with zero attached hydrogens (tertiary/aromatic N) is 2. The molecule has 0 saturated heterocycles. The zero-order valence-electron chi connectivity index (χ0n) is 12.6. The molecule has 0 amide bonds. The maximum absolute atomic E-state index is 4.59. The Labute approximate surface area is 148 Å². The van der Waals surface area contributed by atoms with Gasteiger partial charge < -0.3 is 0 Å². The summed E-state index contributed by atoms with van der Waals surface area (Å²) in [6.07, 6.45) is 5.72. The zero-order valence-corrected chi connectivity index (χ0v) is 15.0. The van der Waals surface area contributed by atoms with Crippen LogP contribution < -0.4 is 0 Å². The number of aliphatic imine (C=N–C) groups is 1. The van der Waals surface area contributed by atoms with E-state index in [1.54, 1.807) is 6.21 Å². The Kier molecular flexibility index (Phi) is 5.16. The molecule has 114 valence electrons. The molecule has 3 aromatic rings. The summed E-state index contributed by atoms with van der Waals surface area (Å²) in [5.41, 5.74) is 4.43. The largest absolute Gasteiger partial charge is 0.228 e. The third kappa shape index (κ3) is 4.24. The minimum atomic E-state index is 0.741. The highest BCUT2D eigenvalue weighted by molar-refractivity contribution is 9.11. The maximum Gasteiger partial charge on any atom is 0.210 e. The van der Waals surface area contributed by atoms with Crippen LogP contribution in [0.25, 0.3) is 17.3 Å². The predicted molar refractivity (Wildman–Crippen MR) is 104 cm³/mol. The van der Waals surface area contributed by atoms with Gasteiger partial charge in [0.15, 0.2) is 0 Å². The number of aryl methyl sites for hydroxylation is 1. The van der Waals surface area contributed by atoms with E-state index in [1.165, 1.54) is 16.9 Å². The molecule has 1 heterocycles. The highest BCUT2D eigenvalue weighted by Gasteiger charge is 2.09. The number of rotatable bonds is 4. The van der Waals surface area contributed by atoms with Crippen molar-refractivity contribution in [3.63, 3.8) is 0 Å². The molecule has 0 saturated carbocycles. The lowest BCUT2D eigenvalue weighted by Crippen LogP contribution is -1.79. The van der Waals surface area contributed by atoms with Crippen LogP contribution in [-0.2, 0) is 0 Å². The van der Waals surface area contributed by atoms with Crippen LogP contribution in [0.15, 0.2) is 69.5 Å². The van der Waals surface area contributed by atoms with E-state index < -0.39 is 0 Å². The van der Waals surface area contributed by atoms with Gasteiger partial charge in [-0.25, -0.2) is 9.98 Å². The van der Waals surface area contributed by atoms with E-state index in [1.807, 2.05) is 30.4 Å². The van der Waals surface area contributed by atoms with Gasteiger partial charge >= 0.3 is 0 Å². The fourth-order valence-corrected chi connectivity index (χ4v) is 3.48. The number of benzene rings is 2. The second kappa shape index (κ2) is 7.49. The minimum Gasteiger partial charge on any atom is -0.228 e. The Hall–Kier alpha value is -2.04. The molecule has 0 bridgehead atoms. The van der Waals surface area contributed by atoms with E-state index in [2.05, 4.69) is 69.2 Å². The monoisotopic (exact) mass is 382 g/mol. The van der Waals surface area contributed by atoms with Crippen molar-refractivity contribution in [2.45, 2.75) is 6.92 Å². The Morgan fingerprint density at radius 2 is 1.78 bits per heavy atom. The van der Waals surface area contributed by atoms with Crippen LogP contribution in [0.4, 0.5) is 5.13 Å². The van der Waals surface area contributed by atoms with E-state index in [0.717, 1.165) is 25.7 Å². The summed E-state index contributed by atoms with van der Waals surface area (Å²) < 4.78 is 1.00. The minimum absolute atomic E-state index is 0.741. The lowest BCUT2D eigenvalue weighted by molar-refractivity contribution is 1.35. The van der Waals surface area contributed by atoms with Crippen molar-refractivity contribution < 1.29 is 0 Å². The maximum atomic E-state index is 4.59. The molecular formula is C19H15BrN2S. The first-order valence-corrected chi connectivity index (χ1v) is 8.82. The molecule has 0 unspecified atom stereocenters. The topological polar surface area (TPSA) is 25.2 Å². The number of hydrogen-bond acceptors (Lipinski definition) is 3.